The SMILES string of the molecule is NCCOCCOCCC(=O)N[C@@H](CS)C(=O)O. The van der Waals surface area contributed by atoms with Crippen molar-refractivity contribution in [3.63, 3.8) is 0 Å². The Morgan fingerprint density at radius 3 is 2.33 bits per heavy atom. The summed E-state index contributed by atoms with van der Waals surface area (Å²) in [6.07, 6.45) is 0.106. The number of ether oxygens (including phenoxy) is 2. The van der Waals surface area contributed by atoms with Crippen LogP contribution in [0.15, 0.2) is 0 Å². The Morgan fingerprint density at radius 1 is 1.22 bits per heavy atom. The Bertz CT molecular complexity index is 252. The average Bonchev–Trinajstić information content (AvgIpc) is 2.34. The van der Waals surface area contributed by atoms with Gasteiger partial charge in [0.2, 0.25) is 5.91 Å². The zero-order valence-electron chi connectivity index (χ0n) is 10.1. The molecule has 0 saturated carbocycles. The van der Waals surface area contributed by atoms with Crippen molar-refractivity contribution in [2.75, 3.05) is 38.7 Å². The lowest BCUT2D eigenvalue weighted by Gasteiger charge is -2.11. The van der Waals surface area contributed by atoms with Crippen LogP contribution in [-0.2, 0) is 19.1 Å². The van der Waals surface area contributed by atoms with Crippen molar-refractivity contribution in [1.82, 2.24) is 5.32 Å². The van der Waals surface area contributed by atoms with Crippen molar-refractivity contribution >= 4 is 24.5 Å². The summed E-state index contributed by atoms with van der Waals surface area (Å²) in [4.78, 5) is 21.9. The van der Waals surface area contributed by atoms with E-state index >= 15 is 0 Å². The molecular weight excluding hydrogens is 260 g/mol. The van der Waals surface area contributed by atoms with E-state index in [-0.39, 0.29) is 24.7 Å². The van der Waals surface area contributed by atoms with Gasteiger partial charge in [-0.2, -0.15) is 12.6 Å². The van der Waals surface area contributed by atoms with Gasteiger partial charge in [0.25, 0.3) is 0 Å². The third-order valence-corrected chi connectivity index (χ3v) is 2.29. The number of carboxylic acid groups (broad SMARTS) is 1. The van der Waals surface area contributed by atoms with Gasteiger partial charge in [-0.15, -0.1) is 0 Å². The molecular formula is C10H20N2O5S. The van der Waals surface area contributed by atoms with Crippen LogP contribution in [0.1, 0.15) is 6.42 Å². The molecule has 7 nitrogen and oxygen atoms in total. The van der Waals surface area contributed by atoms with Crippen molar-refractivity contribution in [3.8, 4) is 0 Å². The number of nitrogens with one attached hydrogen (secondary N) is 1. The number of thiol groups is 1. The molecule has 18 heavy (non-hydrogen) atoms. The fourth-order valence-corrected chi connectivity index (χ4v) is 1.27. The smallest absolute Gasteiger partial charge is 0.327 e. The van der Waals surface area contributed by atoms with Crippen LogP contribution in [-0.4, -0.2) is 61.7 Å². The molecule has 0 radical (unpaired) electrons. The van der Waals surface area contributed by atoms with Gasteiger partial charge in [0.1, 0.15) is 6.04 Å². The monoisotopic (exact) mass is 280 g/mol. The van der Waals surface area contributed by atoms with Gasteiger partial charge in [0, 0.05) is 18.7 Å². The molecule has 1 amide bonds. The molecule has 0 spiro atoms. The topological polar surface area (TPSA) is 111 Å². The molecule has 0 aliphatic carbocycles. The Hall–Kier alpha value is -0.830. The molecule has 0 unspecified atom stereocenters. The second-order valence-corrected chi connectivity index (χ2v) is 3.77. The number of nitrogens with two attached hydrogens (primary N) is 1. The Balaban J connectivity index is 3.50. The summed E-state index contributed by atoms with van der Waals surface area (Å²) in [6, 6.07) is -0.964. The molecule has 0 aliphatic heterocycles. The molecule has 0 heterocycles. The first-order valence-corrected chi connectivity index (χ1v) is 6.23. The van der Waals surface area contributed by atoms with E-state index in [0.29, 0.717) is 26.4 Å². The number of carboxylic acids is 1. The summed E-state index contributed by atoms with van der Waals surface area (Å²) in [7, 11) is 0. The molecule has 4 N–H and O–H groups in total. The Morgan fingerprint density at radius 2 is 1.83 bits per heavy atom. The standard InChI is InChI=1S/C10H20N2O5S/c11-2-4-17-6-5-16-3-1-9(13)12-8(7-18)10(14)15/h8,18H,1-7,11H2,(H,12,13)(H,14,15)/t8-/m0/s1. The van der Waals surface area contributed by atoms with E-state index in [1.54, 1.807) is 0 Å². The second kappa shape index (κ2) is 11.3. The normalized spacial score (nSPS) is 12.1. The van der Waals surface area contributed by atoms with Crippen molar-refractivity contribution in [1.29, 1.82) is 0 Å². The lowest BCUT2D eigenvalue weighted by Crippen LogP contribution is -2.42. The van der Waals surface area contributed by atoms with Crippen LogP contribution in [0.2, 0.25) is 0 Å². The van der Waals surface area contributed by atoms with Crippen LogP contribution in [0.3, 0.4) is 0 Å². The molecule has 0 bridgehead atoms. The molecule has 1 atom stereocenters. The maximum Gasteiger partial charge on any atom is 0.327 e. The summed E-state index contributed by atoms with van der Waals surface area (Å²) in [5, 5.41) is 11.0. The molecule has 106 valence electrons. The van der Waals surface area contributed by atoms with E-state index in [4.69, 9.17) is 20.3 Å². The van der Waals surface area contributed by atoms with E-state index in [1.165, 1.54) is 0 Å². The van der Waals surface area contributed by atoms with Gasteiger partial charge in [0.05, 0.1) is 26.4 Å². The summed E-state index contributed by atoms with van der Waals surface area (Å²) in [5.41, 5.74) is 5.22. The lowest BCUT2D eigenvalue weighted by molar-refractivity contribution is -0.141. The molecule has 0 aliphatic rings. The zero-order valence-corrected chi connectivity index (χ0v) is 11.0. The third-order valence-electron chi connectivity index (χ3n) is 1.92. The Kier molecular flexibility index (Phi) is 10.8. The molecule has 0 rings (SSSR count). The van der Waals surface area contributed by atoms with Gasteiger partial charge in [-0.1, -0.05) is 0 Å². The van der Waals surface area contributed by atoms with E-state index in [1.807, 2.05) is 0 Å². The Labute approximate surface area is 111 Å². The minimum atomic E-state index is -1.10. The number of carbonyl (C=O) groups excluding carboxylic acids is 1. The molecule has 8 heteroatoms. The van der Waals surface area contributed by atoms with Crippen molar-refractivity contribution in [2.45, 2.75) is 12.5 Å². The third kappa shape index (κ3) is 9.23. The molecule has 0 aromatic rings. The number of carbonyl (C=O) groups is 2. The van der Waals surface area contributed by atoms with Crippen LogP contribution in [0, 0.1) is 0 Å². The van der Waals surface area contributed by atoms with Gasteiger partial charge in [-0.3, -0.25) is 4.79 Å². The highest BCUT2D eigenvalue weighted by Crippen LogP contribution is 1.91. The molecule has 0 aromatic heterocycles. The summed E-state index contributed by atoms with van der Waals surface area (Å²) in [5.74, 6) is -1.43. The van der Waals surface area contributed by atoms with Gasteiger partial charge in [-0.05, 0) is 0 Å². The van der Waals surface area contributed by atoms with Crippen LogP contribution < -0.4 is 11.1 Å². The quantitative estimate of drug-likeness (QED) is 0.281. The van der Waals surface area contributed by atoms with E-state index in [9.17, 15) is 9.59 Å². The highest BCUT2D eigenvalue weighted by Gasteiger charge is 2.17. The van der Waals surface area contributed by atoms with Crippen molar-refractivity contribution in [3.05, 3.63) is 0 Å². The van der Waals surface area contributed by atoms with Crippen LogP contribution >= 0.6 is 12.6 Å². The largest absolute Gasteiger partial charge is 0.480 e. The van der Waals surface area contributed by atoms with Gasteiger partial charge in [0.15, 0.2) is 0 Å². The summed E-state index contributed by atoms with van der Waals surface area (Å²) >= 11 is 3.83. The fourth-order valence-electron chi connectivity index (χ4n) is 1.02. The van der Waals surface area contributed by atoms with Crippen LogP contribution in [0.4, 0.5) is 0 Å². The second-order valence-electron chi connectivity index (χ2n) is 3.40. The predicted molar refractivity (Wildman–Crippen MR) is 68.7 cm³/mol. The van der Waals surface area contributed by atoms with Crippen LogP contribution in [0.25, 0.3) is 0 Å². The maximum absolute atomic E-state index is 11.3. The number of amides is 1. The van der Waals surface area contributed by atoms with Crippen molar-refractivity contribution < 1.29 is 24.2 Å². The fraction of sp³-hybridized carbons (Fsp3) is 0.800. The first kappa shape index (κ1) is 17.2. The van der Waals surface area contributed by atoms with Crippen molar-refractivity contribution in [2.24, 2.45) is 5.73 Å². The number of aliphatic carboxylic acids is 1. The minimum Gasteiger partial charge on any atom is -0.480 e. The zero-order chi connectivity index (χ0) is 13.8. The summed E-state index contributed by atoms with van der Waals surface area (Å²) in [6.45, 7) is 1.96. The molecule has 0 saturated heterocycles. The van der Waals surface area contributed by atoms with E-state index in [2.05, 4.69) is 17.9 Å². The minimum absolute atomic E-state index is 0.0505. The highest BCUT2D eigenvalue weighted by molar-refractivity contribution is 7.80. The average molecular weight is 280 g/mol. The number of rotatable bonds is 11. The highest BCUT2D eigenvalue weighted by atomic mass is 32.1. The predicted octanol–water partition coefficient (Wildman–Crippen LogP) is -1.13. The lowest BCUT2D eigenvalue weighted by atomic mass is 10.3. The number of hydrogen-bond acceptors (Lipinski definition) is 6. The van der Waals surface area contributed by atoms with E-state index in [0.717, 1.165) is 0 Å². The van der Waals surface area contributed by atoms with Gasteiger partial charge >= 0.3 is 5.97 Å². The molecule has 0 aromatic carbocycles. The summed E-state index contributed by atoms with van der Waals surface area (Å²) < 4.78 is 10.2. The molecule has 0 fully saturated rings. The van der Waals surface area contributed by atoms with E-state index < -0.39 is 12.0 Å². The first-order chi connectivity index (χ1) is 8.61. The first-order valence-electron chi connectivity index (χ1n) is 5.60. The van der Waals surface area contributed by atoms with Gasteiger partial charge in [-0.25, -0.2) is 4.79 Å². The number of hydrogen-bond donors (Lipinski definition) is 4. The van der Waals surface area contributed by atoms with Gasteiger partial charge < -0.3 is 25.6 Å². The van der Waals surface area contributed by atoms with Crippen LogP contribution in [0.5, 0.6) is 0 Å². The maximum atomic E-state index is 11.3.